The van der Waals surface area contributed by atoms with Gasteiger partial charge in [0.2, 0.25) is 0 Å². The monoisotopic (exact) mass is 201 g/mol. The van der Waals surface area contributed by atoms with Crippen LogP contribution in [0.1, 0.15) is 46.0 Å². The lowest BCUT2D eigenvalue weighted by Gasteiger charge is -2.38. The molecule has 0 radical (unpaired) electrons. The molecule has 1 saturated carbocycles. The second-order valence-corrected chi connectivity index (χ2v) is 5.17. The molecule has 84 valence electrons. The summed E-state index contributed by atoms with van der Waals surface area (Å²) in [7, 11) is 0. The molecule has 0 spiro atoms. The molecule has 0 bridgehead atoms. The van der Waals surface area contributed by atoms with Crippen molar-refractivity contribution in [2.45, 2.75) is 57.1 Å². The summed E-state index contributed by atoms with van der Waals surface area (Å²) in [5, 5.41) is 22.3. The van der Waals surface area contributed by atoms with Crippen LogP contribution in [-0.2, 0) is 0 Å². The number of rotatable bonds is 4. The van der Waals surface area contributed by atoms with Crippen LogP contribution in [0, 0.1) is 0 Å². The van der Waals surface area contributed by atoms with E-state index in [0.717, 1.165) is 12.8 Å². The molecule has 0 unspecified atom stereocenters. The van der Waals surface area contributed by atoms with Crippen LogP contribution in [0.5, 0.6) is 0 Å². The Morgan fingerprint density at radius 3 is 2.21 bits per heavy atom. The third kappa shape index (κ3) is 3.56. The zero-order valence-corrected chi connectivity index (χ0v) is 9.34. The van der Waals surface area contributed by atoms with Crippen LogP contribution in [0.15, 0.2) is 0 Å². The molecule has 0 aromatic heterocycles. The third-order valence-electron chi connectivity index (χ3n) is 3.01. The lowest BCUT2D eigenvalue weighted by molar-refractivity contribution is 0.0482. The van der Waals surface area contributed by atoms with Crippen LogP contribution in [0.25, 0.3) is 0 Å². The molecule has 0 amide bonds. The van der Waals surface area contributed by atoms with E-state index in [9.17, 15) is 10.2 Å². The molecule has 0 atom stereocenters. The van der Waals surface area contributed by atoms with Gasteiger partial charge < -0.3 is 15.5 Å². The minimum absolute atomic E-state index is 0.127. The number of hydrogen-bond acceptors (Lipinski definition) is 3. The van der Waals surface area contributed by atoms with E-state index < -0.39 is 5.60 Å². The maximum absolute atomic E-state index is 9.61. The highest BCUT2D eigenvalue weighted by Gasteiger charge is 2.32. The molecule has 1 rings (SSSR count). The maximum Gasteiger partial charge on any atom is 0.0715 e. The highest BCUT2D eigenvalue weighted by atomic mass is 16.3. The molecular weight excluding hydrogens is 178 g/mol. The van der Waals surface area contributed by atoms with Gasteiger partial charge in [-0.15, -0.1) is 0 Å². The van der Waals surface area contributed by atoms with Gasteiger partial charge in [-0.1, -0.05) is 19.3 Å². The average Bonchev–Trinajstić information content (AvgIpc) is 2.15. The number of β-amino-alcohol motifs (C(OH)–C–C–N with tert-alkyl or cyclic N) is 1. The van der Waals surface area contributed by atoms with Gasteiger partial charge in [0.05, 0.1) is 12.2 Å². The molecule has 3 N–H and O–H groups in total. The summed E-state index contributed by atoms with van der Waals surface area (Å²) >= 11 is 0. The predicted octanol–water partition coefficient (Wildman–Crippen LogP) is 1.04. The number of nitrogens with one attached hydrogen (secondary N) is 1. The summed E-state index contributed by atoms with van der Waals surface area (Å²) in [6, 6.07) is 0. The molecule has 0 saturated heterocycles. The van der Waals surface area contributed by atoms with Gasteiger partial charge in [0.25, 0.3) is 0 Å². The second-order valence-electron chi connectivity index (χ2n) is 5.17. The molecule has 0 aliphatic heterocycles. The van der Waals surface area contributed by atoms with E-state index in [-0.39, 0.29) is 12.1 Å². The SMILES string of the molecule is CC(C)(O)CNC1(CO)CCCCC1. The standard InChI is InChI=1S/C11H23NO2/c1-10(2,14)8-12-11(9-13)6-4-3-5-7-11/h12-14H,3-9H2,1-2H3. The Morgan fingerprint density at radius 1 is 1.21 bits per heavy atom. The maximum atomic E-state index is 9.61. The Balaban J connectivity index is 2.44. The molecule has 0 heterocycles. The van der Waals surface area contributed by atoms with Crippen molar-refractivity contribution in [3.05, 3.63) is 0 Å². The molecule has 1 aliphatic rings. The van der Waals surface area contributed by atoms with E-state index in [0.29, 0.717) is 6.54 Å². The zero-order valence-electron chi connectivity index (χ0n) is 9.34. The van der Waals surface area contributed by atoms with Gasteiger partial charge in [-0.3, -0.25) is 0 Å². The molecule has 0 aromatic rings. The van der Waals surface area contributed by atoms with Gasteiger partial charge in [-0.05, 0) is 26.7 Å². The van der Waals surface area contributed by atoms with E-state index >= 15 is 0 Å². The van der Waals surface area contributed by atoms with Crippen LogP contribution in [0.2, 0.25) is 0 Å². The molecular formula is C11H23NO2. The van der Waals surface area contributed by atoms with Crippen LogP contribution < -0.4 is 5.32 Å². The first-order chi connectivity index (χ1) is 6.47. The smallest absolute Gasteiger partial charge is 0.0715 e. The van der Waals surface area contributed by atoms with Gasteiger partial charge in [0, 0.05) is 12.1 Å². The molecule has 0 aromatic carbocycles. The van der Waals surface area contributed by atoms with Crippen molar-refractivity contribution in [1.29, 1.82) is 0 Å². The van der Waals surface area contributed by atoms with E-state index in [2.05, 4.69) is 5.32 Å². The van der Waals surface area contributed by atoms with Crippen molar-refractivity contribution < 1.29 is 10.2 Å². The van der Waals surface area contributed by atoms with Crippen molar-refractivity contribution in [2.75, 3.05) is 13.2 Å². The highest BCUT2D eigenvalue weighted by molar-refractivity contribution is 4.91. The highest BCUT2D eigenvalue weighted by Crippen LogP contribution is 2.27. The Kier molecular flexibility index (Phi) is 3.93. The Hall–Kier alpha value is -0.120. The first kappa shape index (κ1) is 12.0. The lowest BCUT2D eigenvalue weighted by atomic mass is 9.82. The molecule has 1 aliphatic carbocycles. The van der Waals surface area contributed by atoms with Crippen molar-refractivity contribution in [3.8, 4) is 0 Å². The fourth-order valence-corrected chi connectivity index (χ4v) is 2.02. The van der Waals surface area contributed by atoms with Crippen LogP contribution in [0.3, 0.4) is 0 Å². The van der Waals surface area contributed by atoms with E-state index in [1.807, 2.05) is 0 Å². The molecule has 1 fully saturated rings. The summed E-state index contributed by atoms with van der Waals surface area (Å²) in [4.78, 5) is 0. The summed E-state index contributed by atoms with van der Waals surface area (Å²) < 4.78 is 0. The van der Waals surface area contributed by atoms with Gasteiger partial charge in [-0.25, -0.2) is 0 Å². The number of aliphatic hydroxyl groups excluding tert-OH is 1. The van der Waals surface area contributed by atoms with Gasteiger partial charge >= 0.3 is 0 Å². The van der Waals surface area contributed by atoms with Crippen LogP contribution in [0.4, 0.5) is 0 Å². The number of hydrogen-bond donors (Lipinski definition) is 3. The zero-order chi connectivity index (χ0) is 10.7. The van der Waals surface area contributed by atoms with Crippen LogP contribution in [-0.4, -0.2) is 34.5 Å². The summed E-state index contributed by atoms with van der Waals surface area (Å²) in [5.74, 6) is 0. The first-order valence-corrected chi connectivity index (χ1v) is 5.56. The van der Waals surface area contributed by atoms with Gasteiger partial charge in [-0.2, -0.15) is 0 Å². The Bertz CT molecular complexity index is 169. The van der Waals surface area contributed by atoms with Crippen molar-refractivity contribution in [1.82, 2.24) is 5.32 Å². The van der Waals surface area contributed by atoms with E-state index in [1.54, 1.807) is 13.8 Å². The van der Waals surface area contributed by atoms with Crippen LogP contribution >= 0.6 is 0 Å². The normalized spacial score (nSPS) is 22.3. The van der Waals surface area contributed by atoms with Gasteiger partial charge in [0.15, 0.2) is 0 Å². The molecule has 14 heavy (non-hydrogen) atoms. The first-order valence-electron chi connectivity index (χ1n) is 5.56. The van der Waals surface area contributed by atoms with Crippen molar-refractivity contribution in [2.24, 2.45) is 0 Å². The molecule has 3 heteroatoms. The fraction of sp³-hybridized carbons (Fsp3) is 1.00. The Labute approximate surface area is 86.5 Å². The summed E-state index contributed by atoms with van der Waals surface area (Å²) in [5.41, 5.74) is -0.822. The molecule has 3 nitrogen and oxygen atoms in total. The second kappa shape index (κ2) is 4.60. The average molecular weight is 201 g/mol. The fourth-order valence-electron chi connectivity index (χ4n) is 2.02. The topological polar surface area (TPSA) is 52.5 Å². The minimum Gasteiger partial charge on any atom is -0.394 e. The largest absolute Gasteiger partial charge is 0.394 e. The van der Waals surface area contributed by atoms with Crippen molar-refractivity contribution >= 4 is 0 Å². The third-order valence-corrected chi connectivity index (χ3v) is 3.01. The minimum atomic E-state index is -0.695. The summed E-state index contributed by atoms with van der Waals surface area (Å²) in [6.07, 6.45) is 5.68. The number of aliphatic hydroxyl groups is 2. The summed E-state index contributed by atoms with van der Waals surface area (Å²) in [6.45, 7) is 4.30. The van der Waals surface area contributed by atoms with E-state index in [4.69, 9.17) is 0 Å². The predicted molar refractivity (Wildman–Crippen MR) is 57.2 cm³/mol. The van der Waals surface area contributed by atoms with Crippen molar-refractivity contribution in [3.63, 3.8) is 0 Å². The van der Waals surface area contributed by atoms with Gasteiger partial charge in [0.1, 0.15) is 0 Å². The van der Waals surface area contributed by atoms with E-state index in [1.165, 1.54) is 19.3 Å². The quantitative estimate of drug-likeness (QED) is 0.637. The lowest BCUT2D eigenvalue weighted by Crippen LogP contribution is -2.54. The Morgan fingerprint density at radius 2 is 1.79 bits per heavy atom.